The normalized spacial score (nSPS) is 14.1. The lowest BCUT2D eigenvalue weighted by Crippen LogP contribution is -2.27. The zero-order chi connectivity index (χ0) is 18.4. The van der Waals surface area contributed by atoms with Crippen molar-refractivity contribution in [2.75, 3.05) is 5.32 Å². The van der Waals surface area contributed by atoms with Gasteiger partial charge in [0, 0.05) is 22.4 Å². The first-order valence-electron chi connectivity index (χ1n) is 9.12. The molecule has 0 radical (unpaired) electrons. The highest BCUT2D eigenvalue weighted by Crippen LogP contribution is 2.50. The van der Waals surface area contributed by atoms with E-state index in [-0.39, 0.29) is 5.41 Å². The zero-order valence-corrected chi connectivity index (χ0v) is 15.3. The first-order chi connectivity index (χ1) is 13.2. The van der Waals surface area contributed by atoms with Crippen molar-refractivity contribution in [3.05, 3.63) is 90.3 Å². The summed E-state index contributed by atoms with van der Waals surface area (Å²) in [5, 5.41) is 12.4. The Bertz CT molecular complexity index is 1110. The van der Waals surface area contributed by atoms with Crippen LogP contribution in [-0.4, -0.2) is 15.0 Å². The largest absolute Gasteiger partial charge is 0.355 e. The fraction of sp³-hybridized carbons (Fsp3) is 0.130. The van der Waals surface area contributed by atoms with Crippen LogP contribution in [0.15, 0.2) is 79.1 Å². The van der Waals surface area contributed by atoms with Gasteiger partial charge in [-0.2, -0.15) is 15.0 Å². The molecule has 0 amide bonds. The molecule has 5 rings (SSSR count). The number of aromatic nitrogens is 3. The summed E-state index contributed by atoms with van der Waals surface area (Å²) in [6, 6.07) is 23.3. The number of fused-ring (bicyclic) bond motifs is 2. The third kappa shape index (κ3) is 2.37. The van der Waals surface area contributed by atoms with E-state index in [0.29, 0.717) is 0 Å². The van der Waals surface area contributed by atoms with Crippen LogP contribution in [0.3, 0.4) is 0 Å². The fourth-order valence-corrected chi connectivity index (χ4v) is 4.17. The van der Waals surface area contributed by atoms with Crippen molar-refractivity contribution in [2.24, 2.45) is 0 Å². The highest BCUT2D eigenvalue weighted by Gasteiger charge is 2.36. The minimum absolute atomic E-state index is 0.161. The van der Waals surface area contributed by atoms with E-state index in [9.17, 15) is 0 Å². The van der Waals surface area contributed by atoms with Crippen LogP contribution in [0, 0.1) is 0 Å². The van der Waals surface area contributed by atoms with Gasteiger partial charge in [0.15, 0.2) is 0 Å². The van der Waals surface area contributed by atoms with Crippen LogP contribution in [0.1, 0.15) is 25.0 Å². The van der Waals surface area contributed by atoms with Crippen LogP contribution < -0.4 is 5.32 Å². The molecule has 4 nitrogen and oxygen atoms in total. The summed E-state index contributed by atoms with van der Waals surface area (Å²) >= 11 is 0. The molecule has 1 aliphatic rings. The molecule has 0 spiro atoms. The van der Waals surface area contributed by atoms with Gasteiger partial charge in [0.05, 0.1) is 18.1 Å². The number of hydrogen-bond acceptors (Lipinski definition) is 3. The molecule has 0 saturated carbocycles. The number of hydrogen-bond donors (Lipinski definition) is 1. The summed E-state index contributed by atoms with van der Waals surface area (Å²) in [6.45, 7) is 4.58. The molecule has 2 heterocycles. The van der Waals surface area contributed by atoms with Gasteiger partial charge < -0.3 is 5.32 Å². The quantitative estimate of drug-likeness (QED) is 0.531. The molecule has 0 fully saturated rings. The SMILES string of the molecule is CC1(C)c2ccccc2Nc2ccc(-n3nccn3)c(-c3ccccc3)c21. The Morgan fingerprint density at radius 2 is 1.48 bits per heavy atom. The number of anilines is 2. The van der Waals surface area contributed by atoms with E-state index in [1.807, 2.05) is 6.07 Å². The van der Waals surface area contributed by atoms with Crippen molar-refractivity contribution in [3.63, 3.8) is 0 Å². The first kappa shape index (κ1) is 15.8. The minimum Gasteiger partial charge on any atom is -0.355 e. The number of nitrogens with zero attached hydrogens (tertiary/aromatic N) is 3. The van der Waals surface area contributed by atoms with Gasteiger partial charge in [0.1, 0.15) is 0 Å². The molecule has 0 aliphatic carbocycles. The van der Waals surface area contributed by atoms with Crippen molar-refractivity contribution in [1.29, 1.82) is 0 Å². The first-order valence-corrected chi connectivity index (χ1v) is 9.12. The van der Waals surface area contributed by atoms with Crippen LogP contribution in [0.25, 0.3) is 16.8 Å². The van der Waals surface area contributed by atoms with Gasteiger partial charge in [0.25, 0.3) is 0 Å². The van der Waals surface area contributed by atoms with Gasteiger partial charge in [-0.25, -0.2) is 0 Å². The Morgan fingerprint density at radius 1 is 0.778 bits per heavy atom. The van der Waals surface area contributed by atoms with Crippen molar-refractivity contribution in [2.45, 2.75) is 19.3 Å². The summed E-state index contributed by atoms with van der Waals surface area (Å²) in [5.41, 5.74) is 8.01. The van der Waals surface area contributed by atoms with Crippen LogP contribution in [0.4, 0.5) is 11.4 Å². The summed E-state index contributed by atoms with van der Waals surface area (Å²) in [4.78, 5) is 1.71. The molecular formula is C23H20N4. The second-order valence-corrected chi connectivity index (χ2v) is 7.36. The van der Waals surface area contributed by atoms with Gasteiger partial charge >= 0.3 is 0 Å². The lowest BCUT2D eigenvalue weighted by atomic mass is 9.71. The lowest BCUT2D eigenvalue weighted by molar-refractivity contribution is 0.637. The Morgan fingerprint density at radius 3 is 2.26 bits per heavy atom. The van der Waals surface area contributed by atoms with Gasteiger partial charge in [0.2, 0.25) is 0 Å². The van der Waals surface area contributed by atoms with Gasteiger partial charge in [-0.3, -0.25) is 0 Å². The predicted molar refractivity (Wildman–Crippen MR) is 109 cm³/mol. The second-order valence-electron chi connectivity index (χ2n) is 7.36. The van der Waals surface area contributed by atoms with Crippen LogP contribution in [0.2, 0.25) is 0 Å². The van der Waals surface area contributed by atoms with E-state index in [1.54, 1.807) is 17.2 Å². The lowest BCUT2D eigenvalue weighted by Gasteiger charge is -2.38. The summed E-state index contributed by atoms with van der Waals surface area (Å²) in [6.07, 6.45) is 3.43. The number of nitrogens with one attached hydrogen (secondary N) is 1. The van der Waals surface area contributed by atoms with Crippen molar-refractivity contribution in [3.8, 4) is 16.8 Å². The number of para-hydroxylation sites is 1. The van der Waals surface area contributed by atoms with Gasteiger partial charge in [-0.1, -0.05) is 62.4 Å². The summed E-state index contributed by atoms with van der Waals surface area (Å²) < 4.78 is 0. The maximum Gasteiger partial charge on any atom is 0.0939 e. The van der Waals surface area contributed by atoms with Crippen LogP contribution in [0.5, 0.6) is 0 Å². The molecule has 4 heteroatoms. The van der Waals surface area contributed by atoms with Crippen LogP contribution >= 0.6 is 0 Å². The van der Waals surface area contributed by atoms with Crippen molar-refractivity contribution < 1.29 is 0 Å². The average molecular weight is 352 g/mol. The van der Waals surface area contributed by atoms with E-state index < -0.39 is 0 Å². The smallest absolute Gasteiger partial charge is 0.0939 e. The molecule has 0 saturated heterocycles. The number of benzene rings is 3. The Hall–Kier alpha value is -3.40. The Kier molecular flexibility index (Phi) is 3.41. The summed E-state index contributed by atoms with van der Waals surface area (Å²) in [5.74, 6) is 0. The average Bonchev–Trinajstić information content (AvgIpc) is 3.23. The summed E-state index contributed by atoms with van der Waals surface area (Å²) in [7, 11) is 0. The van der Waals surface area contributed by atoms with E-state index in [1.165, 1.54) is 16.8 Å². The highest BCUT2D eigenvalue weighted by atomic mass is 15.5. The third-order valence-electron chi connectivity index (χ3n) is 5.37. The highest BCUT2D eigenvalue weighted by molar-refractivity contribution is 5.88. The molecular weight excluding hydrogens is 332 g/mol. The second kappa shape index (κ2) is 5.81. The third-order valence-corrected chi connectivity index (χ3v) is 5.37. The minimum atomic E-state index is -0.161. The maximum absolute atomic E-state index is 4.40. The fourth-order valence-electron chi connectivity index (χ4n) is 4.17. The Labute approximate surface area is 158 Å². The molecule has 0 unspecified atom stereocenters. The number of rotatable bonds is 2. The molecule has 1 N–H and O–H groups in total. The molecule has 0 bridgehead atoms. The molecule has 132 valence electrons. The molecule has 1 aromatic heterocycles. The van der Waals surface area contributed by atoms with E-state index in [0.717, 1.165) is 22.5 Å². The van der Waals surface area contributed by atoms with Crippen molar-refractivity contribution in [1.82, 2.24) is 15.0 Å². The predicted octanol–water partition coefficient (Wildman–Crippen LogP) is 5.32. The molecule has 3 aromatic carbocycles. The zero-order valence-electron chi connectivity index (χ0n) is 15.3. The van der Waals surface area contributed by atoms with E-state index in [4.69, 9.17) is 0 Å². The van der Waals surface area contributed by atoms with Gasteiger partial charge in [-0.15, -0.1) is 0 Å². The monoisotopic (exact) mass is 352 g/mol. The van der Waals surface area contributed by atoms with Gasteiger partial charge in [-0.05, 0) is 34.9 Å². The molecule has 4 aromatic rings. The molecule has 27 heavy (non-hydrogen) atoms. The van der Waals surface area contributed by atoms with Crippen LogP contribution in [-0.2, 0) is 5.41 Å². The molecule has 1 aliphatic heterocycles. The van der Waals surface area contributed by atoms with E-state index >= 15 is 0 Å². The maximum atomic E-state index is 4.40. The Balaban J connectivity index is 1.86. The standard InChI is InChI=1S/C23H20N4/c1-23(2)17-10-6-7-11-18(17)26-19-12-13-20(27-24-14-15-25-27)21(22(19)23)16-8-4-3-5-9-16/h3-15,26H,1-2H3. The molecule has 0 atom stereocenters. The van der Waals surface area contributed by atoms with Crippen molar-refractivity contribution >= 4 is 11.4 Å². The van der Waals surface area contributed by atoms with E-state index in [2.05, 4.69) is 90.0 Å². The topological polar surface area (TPSA) is 42.7 Å².